The molecule has 0 atom stereocenters. The second-order valence-electron chi connectivity index (χ2n) is 1.29. The van der Waals surface area contributed by atoms with Gasteiger partial charge in [0.15, 0.2) is 0 Å². The van der Waals surface area contributed by atoms with Crippen LogP contribution in [0.15, 0.2) is 17.9 Å². The summed E-state index contributed by atoms with van der Waals surface area (Å²) in [5.41, 5.74) is 0. The molecule has 2 heteroatoms. The van der Waals surface area contributed by atoms with Crippen LogP contribution in [0.4, 0.5) is 0 Å². The van der Waals surface area contributed by atoms with Crippen molar-refractivity contribution in [2.45, 2.75) is 0 Å². The van der Waals surface area contributed by atoms with Gasteiger partial charge in [0.05, 0.1) is 0 Å². The Morgan fingerprint density at radius 1 is 1.86 bits per heavy atom. The number of nitrogens with one attached hydrogen (secondary N) is 1. The molecule has 37 valence electrons. The summed E-state index contributed by atoms with van der Waals surface area (Å²) in [5, 5.41) is 11.3. The highest BCUT2D eigenvalue weighted by Crippen LogP contribution is 1.90. The van der Waals surface area contributed by atoms with E-state index in [1.165, 1.54) is 0 Å². The summed E-state index contributed by atoms with van der Waals surface area (Å²) in [6.07, 6.45) is 5.95. The fourth-order valence-corrected chi connectivity index (χ4v) is 0.413. The molecule has 0 aliphatic carbocycles. The minimum atomic E-state index is 0.172. The van der Waals surface area contributed by atoms with E-state index in [4.69, 9.17) is 5.11 Å². The highest BCUT2D eigenvalue weighted by atomic mass is 16.3. The van der Waals surface area contributed by atoms with Crippen LogP contribution in [-0.2, 0) is 0 Å². The maximum atomic E-state index is 8.57. The van der Waals surface area contributed by atoms with Crippen LogP contribution in [0.25, 0.3) is 0 Å². The Kier molecular flexibility index (Phi) is 1.02. The summed E-state index contributed by atoms with van der Waals surface area (Å²) in [6.45, 7) is 0.768. The van der Waals surface area contributed by atoms with Crippen molar-refractivity contribution >= 4 is 0 Å². The standard InChI is InChI=1S/C5H6NO/c7-5-2-1-3-6-4-5/h1-2,6-7H,3H2. The fraction of sp³-hybridized carbons (Fsp3) is 0.200. The molecule has 0 amide bonds. The zero-order chi connectivity index (χ0) is 5.11. The summed E-state index contributed by atoms with van der Waals surface area (Å²) in [4.78, 5) is 0. The molecule has 0 unspecified atom stereocenters. The number of dihydropyridines is 1. The Hall–Kier alpha value is -0.920. The molecule has 0 aromatic rings. The number of allylic oxidation sites excluding steroid dienone is 1. The van der Waals surface area contributed by atoms with Crippen molar-refractivity contribution < 1.29 is 5.11 Å². The van der Waals surface area contributed by atoms with Gasteiger partial charge in [0.2, 0.25) is 0 Å². The van der Waals surface area contributed by atoms with Gasteiger partial charge in [-0.2, -0.15) is 0 Å². The molecule has 0 saturated carbocycles. The summed E-state index contributed by atoms with van der Waals surface area (Å²) in [6, 6.07) is 0. The van der Waals surface area contributed by atoms with Crippen LogP contribution in [-0.4, -0.2) is 11.7 Å². The van der Waals surface area contributed by atoms with E-state index < -0.39 is 0 Å². The van der Waals surface area contributed by atoms with E-state index in [1.807, 2.05) is 6.08 Å². The maximum Gasteiger partial charge on any atom is 0.140 e. The second kappa shape index (κ2) is 1.69. The summed E-state index contributed by atoms with van der Waals surface area (Å²) in [5.74, 6) is 0.172. The molecule has 0 spiro atoms. The van der Waals surface area contributed by atoms with Gasteiger partial charge in [-0.3, -0.25) is 0 Å². The Morgan fingerprint density at radius 3 is 3.00 bits per heavy atom. The molecule has 1 heterocycles. The largest absolute Gasteiger partial charge is 0.506 e. The van der Waals surface area contributed by atoms with Crippen LogP contribution in [0.2, 0.25) is 0 Å². The van der Waals surface area contributed by atoms with E-state index in [-0.39, 0.29) is 5.76 Å². The van der Waals surface area contributed by atoms with Crippen LogP contribution in [0.1, 0.15) is 0 Å². The lowest BCUT2D eigenvalue weighted by molar-refractivity contribution is 0.421. The van der Waals surface area contributed by atoms with Crippen molar-refractivity contribution in [1.29, 1.82) is 0 Å². The summed E-state index contributed by atoms with van der Waals surface area (Å²) >= 11 is 0. The van der Waals surface area contributed by atoms with Crippen molar-refractivity contribution in [2.75, 3.05) is 6.54 Å². The van der Waals surface area contributed by atoms with Crippen molar-refractivity contribution in [2.24, 2.45) is 0 Å². The van der Waals surface area contributed by atoms with E-state index in [2.05, 4.69) is 11.5 Å². The van der Waals surface area contributed by atoms with Crippen LogP contribution in [0.5, 0.6) is 0 Å². The lowest BCUT2D eigenvalue weighted by Gasteiger charge is -1.98. The number of aliphatic hydroxyl groups is 1. The average molecular weight is 96.1 g/mol. The number of hydrogen-bond donors (Lipinski definition) is 2. The van der Waals surface area contributed by atoms with Gasteiger partial charge in [-0.1, -0.05) is 6.08 Å². The van der Waals surface area contributed by atoms with Gasteiger partial charge in [0.1, 0.15) is 12.0 Å². The molecule has 1 aliphatic rings. The molecule has 0 bridgehead atoms. The van der Waals surface area contributed by atoms with Gasteiger partial charge >= 0.3 is 0 Å². The van der Waals surface area contributed by atoms with Crippen molar-refractivity contribution in [3.8, 4) is 0 Å². The van der Waals surface area contributed by atoms with E-state index in [0.29, 0.717) is 0 Å². The van der Waals surface area contributed by atoms with Gasteiger partial charge in [-0.15, -0.1) is 0 Å². The van der Waals surface area contributed by atoms with Crippen LogP contribution in [0.3, 0.4) is 0 Å². The van der Waals surface area contributed by atoms with Crippen LogP contribution in [0, 0.1) is 6.20 Å². The molecule has 1 aliphatic heterocycles. The SMILES string of the molecule is OC1=[C]NCC=C1. The quantitative estimate of drug-likeness (QED) is 0.456. The second-order valence-corrected chi connectivity index (χ2v) is 1.29. The first-order valence-electron chi connectivity index (χ1n) is 2.11. The average Bonchev–Trinajstić information content (AvgIpc) is 1.69. The Balaban J connectivity index is 2.58. The number of hydrogen-bond acceptors (Lipinski definition) is 2. The van der Waals surface area contributed by atoms with Crippen LogP contribution >= 0.6 is 0 Å². The number of rotatable bonds is 0. The van der Waals surface area contributed by atoms with Gasteiger partial charge in [-0.25, -0.2) is 0 Å². The van der Waals surface area contributed by atoms with E-state index >= 15 is 0 Å². The molecule has 1 rings (SSSR count). The molecule has 0 aromatic carbocycles. The van der Waals surface area contributed by atoms with Crippen molar-refractivity contribution in [3.63, 3.8) is 0 Å². The van der Waals surface area contributed by atoms with E-state index in [1.54, 1.807) is 6.08 Å². The smallest absolute Gasteiger partial charge is 0.140 e. The molecule has 2 nitrogen and oxygen atoms in total. The molecule has 1 radical (unpaired) electrons. The molecule has 0 fully saturated rings. The monoisotopic (exact) mass is 96.0 g/mol. The molecule has 0 aromatic heterocycles. The highest BCUT2D eigenvalue weighted by Gasteiger charge is 1.88. The Morgan fingerprint density at radius 2 is 2.71 bits per heavy atom. The first-order valence-corrected chi connectivity index (χ1v) is 2.11. The molecule has 7 heavy (non-hydrogen) atoms. The topological polar surface area (TPSA) is 32.3 Å². The zero-order valence-electron chi connectivity index (χ0n) is 3.81. The zero-order valence-corrected chi connectivity index (χ0v) is 3.81. The Bertz CT molecular complexity index is 115. The predicted molar refractivity (Wildman–Crippen MR) is 26.5 cm³/mol. The minimum Gasteiger partial charge on any atom is -0.506 e. The third-order valence-corrected chi connectivity index (χ3v) is 0.712. The van der Waals surface area contributed by atoms with Crippen LogP contribution < -0.4 is 5.32 Å². The fourth-order valence-electron chi connectivity index (χ4n) is 0.413. The van der Waals surface area contributed by atoms with Gasteiger partial charge < -0.3 is 10.4 Å². The molecule has 2 N–H and O–H groups in total. The molecular formula is C5H6NO. The normalized spacial score (nSPS) is 18.0. The lowest BCUT2D eigenvalue weighted by atomic mass is 10.4. The van der Waals surface area contributed by atoms with Gasteiger partial charge in [-0.05, 0) is 6.08 Å². The Labute approximate surface area is 42.2 Å². The summed E-state index contributed by atoms with van der Waals surface area (Å²) in [7, 11) is 0. The van der Waals surface area contributed by atoms with Gasteiger partial charge in [0.25, 0.3) is 0 Å². The number of aliphatic hydroxyl groups excluding tert-OH is 1. The molecule has 0 saturated heterocycles. The molecular weight excluding hydrogens is 90.1 g/mol. The van der Waals surface area contributed by atoms with Gasteiger partial charge in [0, 0.05) is 6.54 Å². The minimum absolute atomic E-state index is 0.172. The predicted octanol–water partition coefficient (Wildman–Crippen LogP) is 0.348. The van der Waals surface area contributed by atoms with E-state index in [0.717, 1.165) is 6.54 Å². The third-order valence-electron chi connectivity index (χ3n) is 0.712. The lowest BCUT2D eigenvalue weighted by Crippen LogP contribution is -2.09. The van der Waals surface area contributed by atoms with E-state index in [9.17, 15) is 0 Å². The van der Waals surface area contributed by atoms with Crippen molar-refractivity contribution in [1.82, 2.24) is 5.32 Å². The summed E-state index contributed by atoms with van der Waals surface area (Å²) < 4.78 is 0. The highest BCUT2D eigenvalue weighted by molar-refractivity contribution is 5.10. The third kappa shape index (κ3) is 0.961. The first-order chi connectivity index (χ1) is 3.39. The first kappa shape index (κ1) is 4.24. The maximum absolute atomic E-state index is 8.57. The van der Waals surface area contributed by atoms with Crippen molar-refractivity contribution in [3.05, 3.63) is 24.1 Å².